The van der Waals surface area contributed by atoms with Crippen molar-refractivity contribution in [1.82, 2.24) is 10.3 Å². The van der Waals surface area contributed by atoms with Crippen molar-refractivity contribution in [2.24, 2.45) is 0 Å². The van der Waals surface area contributed by atoms with Crippen LogP contribution in [-0.2, 0) is 0 Å². The number of urea groups is 1. The van der Waals surface area contributed by atoms with Gasteiger partial charge in [0.2, 0.25) is 0 Å². The number of carbonyl (C=O) groups excluding carboxylic acids is 1. The normalized spacial score (nSPS) is 16.3. The van der Waals surface area contributed by atoms with Crippen molar-refractivity contribution in [2.45, 2.75) is 32.2 Å². The first-order chi connectivity index (χ1) is 12.7. The van der Waals surface area contributed by atoms with Crippen molar-refractivity contribution in [1.29, 1.82) is 0 Å². The van der Waals surface area contributed by atoms with Crippen LogP contribution in [0.3, 0.4) is 0 Å². The molecule has 0 saturated carbocycles. The molecule has 0 radical (unpaired) electrons. The van der Waals surface area contributed by atoms with Crippen molar-refractivity contribution < 1.29 is 9.53 Å². The maximum Gasteiger partial charge on any atom is 0.319 e. The van der Waals surface area contributed by atoms with Gasteiger partial charge < -0.3 is 20.3 Å². The standard InChI is InChI=1S/C20H26N4O2/c1-2-3-14-26-18-9-7-16(8-10-18)22-20(25)23-17-11-13-24(15-17)19-6-4-5-12-21-19/h4-10,12,17H,2-3,11,13-15H2,1H3,(H2,22,23,25). The Hall–Kier alpha value is -2.76. The van der Waals surface area contributed by atoms with Crippen molar-refractivity contribution in [2.75, 3.05) is 29.9 Å². The lowest BCUT2D eigenvalue weighted by Crippen LogP contribution is -2.39. The molecule has 2 heterocycles. The Morgan fingerprint density at radius 1 is 1.27 bits per heavy atom. The van der Waals surface area contributed by atoms with Gasteiger partial charge in [-0.1, -0.05) is 19.4 Å². The average Bonchev–Trinajstić information content (AvgIpc) is 3.12. The van der Waals surface area contributed by atoms with E-state index in [0.29, 0.717) is 0 Å². The van der Waals surface area contributed by atoms with Crippen LogP contribution in [0, 0.1) is 0 Å². The fraction of sp³-hybridized carbons (Fsp3) is 0.400. The molecule has 2 N–H and O–H groups in total. The number of pyridine rings is 1. The number of rotatable bonds is 7. The second kappa shape index (κ2) is 9.08. The van der Waals surface area contributed by atoms with Gasteiger partial charge in [-0.2, -0.15) is 0 Å². The van der Waals surface area contributed by atoms with E-state index in [4.69, 9.17) is 4.74 Å². The first kappa shape index (κ1) is 18.0. The molecule has 1 aromatic carbocycles. The summed E-state index contributed by atoms with van der Waals surface area (Å²) in [4.78, 5) is 18.8. The minimum absolute atomic E-state index is 0.119. The molecule has 3 rings (SSSR count). The van der Waals surface area contributed by atoms with Gasteiger partial charge in [0.25, 0.3) is 0 Å². The van der Waals surface area contributed by atoms with E-state index >= 15 is 0 Å². The number of unbranched alkanes of at least 4 members (excludes halogenated alkanes) is 1. The summed E-state index contributed by atoms with van der Waals surface area (Å²) in [7, 11) is 0. The van der Waals surface area contributed by atoms with E-state index in [0.717, 1.165) is 56.2 Å². The van der Waals surface area contributed by atoms with Crippen LogP contribution in [0.25, 0.3) is 0 Å². The molecule has 2 amide bonds. The number of hydrogen-bond acceptors (Lipinski definition) is 4. The van der Waals surface area contributed by atoms with Gasteiger partial charge in [-0.25, -0.2) is 9.78 Å². The van der Waals surface area contributed by atoms with Gasteiger partial charge in [-0.3, -0.25) is 0 Å². The quantitative estimate of drug-likeness (QED) is 0.745. The second-order valence-corrected chi connectivity index (χ2v) is 6.44. The summed E-state index contributed by atoms with van der Waals surface area (Å²) in [6.45, 7) is 4.52. The van der Waals surface area contributed by atoms with E-state index in [1.807, 2.05) is 42.5 Å². The predicted molar refractivity (Wildman–Crippen MR) is 104 cm³/mol. The van der Waals surface area contributed by atoms with Gasteiger partial charge in [-0.05, 0) is 49.2 Å². The first-order valence-corrected chi connectivity index (χ1v) is 9.21. The molecule has 0 spiro atoms. The highest BCUT2D eigenvalue weighted by Crippen LogP contribution is 2.18. The third-order valence-corrected chi connectivity index (χ3v) is 4.38. The molecule has 0 aliphatic carbocycles. The van der Waals surface area contributed by atoms with Crippen LogP contribution >= 0.6 is 0 Å². The molecule has 1 unspecified atom stereocenters. The van der Waals surface area contributed by atoms with Crippen molar-refractivity contribution in [3.05, 3.63) is 48.7 Å². The monoisotopic (exact) mass is 354 g/mol. The Bertz CT molecular complexity index is 691. The van der Waals surface area contributed by atoms with Crippen LogP contribution < -0.4 is 20.3 Å². The van der Waals surface area contributed by atoms with Crippen LogP contribution in [-0.4, -0.2) is 36.8 Å². The van der Waals surface area contributed by atoms with Crippen molar-refractivity contribution in [3.8, 4) is 5.75 Å². The number of anilines is 2. The van der Waals surface area contributed by atoms with Gasteiger partial charge in [0.15, 0.2) is 0 Å². The molecule has 6 nitrogen and oxygen atoms in total. The lowest BCUT2D eigenvalue weighted by molar-refractivity contribution is 0.249. The zero-order chi connectivity index (χ0) is 18.2. The number of nitrogens with zero attached hydrogens (tertiary/aromatic N) is 2. The summed E-state index contributed by atoms with van der Waals surface area (Å²) < 4.78 is 5.63. The highest BCUT2D eigenvalue weighted by molar-refractivity contribution is 5.89. The molecular formula is C20H26N4O2. The third-order valence-electron chi connectivity index (χ3n) is 4.38. The fourth-order valence-electron chi connectivity index (χ4n) is 2.95. The van der Waals surface area contributed by atoms with Crippen LogP contribution in [0.4, 0.5) is 16.3 Å². The SMILES string of the molecule is CCCCOc1ccc(NC(=O)NC2CCN(c3ccccn3)C2)cc1. The highest BCUT2D eigenvalue weighted by atomic mass is 16.5. The maximum atomic E-state index is 12.2. The number of hydrogen-bond donors (Lipinski definition) is 2. The van der Waals surface area contributed by atoms with E-state index in [1.54, 1.807) is 6.20 Å². The molecular weight excluding hydrogens is 328 g/mol. The summed E-state index contributed by atoms with van der Waals surface area (Å²) in [5, 5.41) is 5.91. The minimum atomic E-state index is -0.183. The summed E-state index contributed by atoms with van der Waals surface area (Å²) >= 11 is 0. The number of ether oxygens (including phenoxy) is 1. The smallest absolute Gasteiger partial charge is 0.319 e. The summed E-state index contributed by atoms with van der Waals surface area (Å²) in [5.41, 5.74) is 0.755. The minimum Gasteiger partial charge on any atom is -0.494 e. The van der Waals surface area contributed by atoms with Gasteiger partial charge in [0.05, 0.1) is 6.61 Å². The lowest BCUT2D eigenvalue weighted by Gasteiger charge is -2.18. The fourth-order valence-corrected chi connectivity index (χ4v) is 2.95. The Morgan fingerprint density at radius 2 is 2.12 bits per heavy atom. The number of nitrogens with one attached hydrogen (secondary N) is 2. The number of aromatic nitrogens is 1. The Morgan fingerprint density at radius 3 is 2.85 bits per heavy atom. The molecule has 1 saturated heterocycles. The third kappa shape index (κ3) is 5.12. The van der Waals surface area contributed by atoms with Crippen LogP contribution in [0.5, 0.6) is 5.75 Å². The molecule has 0 bridgehead atoms. The second-order valence-electron chi connectivity index (χ2n) is 6.44. The van der Waals surface area contributed by atoms with Crippen molar-refractivity contribution in [3.63, 3.8) is 0 Å². The van der Waals surface area contributed by atoms with Gasteiger partial charge >= 0.3 is 6.03 Å². The van der Waals surface area contributed by atoms with E-state index < -0.39 is 0 Å². The maximum absolute atomic E-state index is 12.2. The van der Waals surface area contributed by atoms with Crippen LogP contribution in [0.15, 0.2) is 48.7 Å². The molecule has 6 heteroatoms. The molecule has 1 atom stereocenters. The van der Waals surface area contributed by atoms with E-state index in [1.165, 1.54) is 0 Å². The van der Waals surface area contributed by atoms with Crippen LogP contribution in [0.2, 0.25) is 0 Å². The van der Waals surface area contributed by atoms with E-state index in [-0.39, 0.29) is 12.1 Å². The van der Waals surface area contributed by atoms with Crippen LogP contribution in [0.1, 0.15) is 26.2 Å². The highest BCUT2D eigenvalue weighted by Gasteiger charge is 2.24. The zero-order valence-electron chi connectivity index (χ0n) is 15.1. The number of amides is 2. The van der Waals surface area contributed by atoms with E-state index in [9.17, 15) is 4.79 Å². The molecule has 26 heavy (non-hydrogen) atoms. The topological polar surface area (TPSA) is 66.5 Å². The first-order valence-electron chi connectivity index (χ1n) is 9.21. The largest absolute Gasteiger partial charge is 0.494 e. The molecule has 1 aromatic heterocycles. The predicted octanol–water partition coefficient (Wildman–Crippen LogP) is 3.66. The summed E-state index contributed by atoms with van der Waals surface area (Å²) in [6.07, 6.45) is 4.85. The average molecular weight is 354 g/mol. The van der Waals surface area contributed by atoms with Gasteiger partial charge in [0.1, 0.15) is 11.6 Å². The molecule has 138 valence electrons. The lowest BCUT2D eigenvalue weighted by atomic mass is 10.2. The summed E-state index contributed by atoms with van der Waals surface area (Å²) in [5.74, 6) is 1.78. The van der Waals surface area contributed by atoms with Gasteiger partial charge in [0, 0.05) is 31.0 Å². The van der Waals surface area contributed by atoms with E-state index in [2.05, 4.69) is 27.4 Å². The Balaban J connectivity index is 1.44. The molecule has 1 aliphatic heterocycles. The Kier molecular flexibility index (Phi) is 6.30. The summed E-state index contributed by atoms with van der Waals surface area (Å²) in [6, 6.07) is 13.3. The zero-order valence-corrected chi connectivity index (χ0v) is 15.1. The molecule has 2 aromatic rings. The Labute approximate surface area is 154 Å². The molecule has 1 aliphatic rings. The molecule has 1 fully saturated rings. The van der Waals surface area contributed by atoms with Gasteiger partial charge in [-0.15, -0.1) is 0 Å². The number of benzene rings is 1. The number of carbonyl (C=O) groups is 1. The van der Waals surface area contributed by atoms with Crippen molar-refractivity contribution >= 4 is 17.5 Å².